The van der Waals surface area contributed by atoms with Crippen LogP contribution in [0.1, 0.15) is 194 Å². The van der Waals surface area contributed by atoms with Gasteiger partial charge in [-0.05, 0) is 32.1 Å². The first-order valence-corrected chi connectivity index (χ1v) is 22.9. The van der Waals surface area contributed by atoms with Crippen molar-refractivity contribution in [3.05, 3.63) is 12.2 Å². The second-order valence-corrected chi connectivity index (χ2v) is 17.2. The predicted molar refractivity (Wildman–Crippen MR) is 215 cm³/mol. The summed E-state index contributed by atoms with van der Waals surface area (Å²) in [6, 6.07) is 0. The molecule has 0 fully saturated rings. The highest BCUT2D eigenvalue weighted by Gasteiger charge is 2.27. The zero-order chi connectivity index (χ0) is 38.6. The number of likely N-dealkylation sites (N-methyl/N-ethyl adjacent to an activating group) is 1. The molecule has 9 nitrogen and oxygen atoms in total. The van der Waals surface area contributed by atoms with Crippen molar-refractivity contribution in [2.75, 3.05) is 47.5 Å². The number of rotatable bonds is 39. The number of unbranched alkanes of at least 4 members (excludes halogenated alkanes) is 23. The highest BCUT2D eigenvalue weighted by Crippen LogP contribution is 2.43. The molecule has 0 amide bonds. The van der Waals surface area contributed by atoms with Gasteiger partial charge in [0.15, 0.2) is 6.10 Å². The fourth-order valence-corrected chi connectivity index (χ4v) is 6.62. The smallest absolute Gasteiger partial charge is 0.462 e. The summed E-state index contributed by atoms with van der Waals surface area (Å²) in [6.07, 6.45) is 35.3. The monoisotopic (exact) mass is 761 g/mol. The maximum absolute atomic E-state index is 12.7. The average molecular weight is 761 g/mol. The van der Waals surface area contributed by atoms with E-state index in [4.69, 9.17) is 18.5 Å². The van der Waals surface area contributed by atoms with E-state index in [-0.39, 0.29) is 25.6 Å². The molecule has 308 valence electrons. The van der Waals surface area contributed by atoms with Crippen LogP contribution in [0.3, 0.4) is 0 Å². The normalized spacial score (nSPS) is 13.7. The molecule has 52 heavy (non-hydrogen) atoms. The van der Waals surface area contributed by atoms with Gasteiger partial charge in [0.05, 0.1) is 27.7 Å². The second-order valence-electron chi connectivity index (χ2n) is 15.7. The molecule has 2 atom stereocenters. The fourth-order valence-electron chi connectivity index (χ4n) is 5.88. The van der Waals surface area contributed by atoms with Crippen molar-refractivity contribution in [2.45, 2.75) is 200 Å². The first-order valence-electron chi connectivity index (χ1n) is 21.4. The standard InChI is InChI=1S/C42H82NO8P/c1-6-8-10-12-14-16-18-20-21-23-25-27-29-31-33-35-42(45)51-40(39-50-52(46,47)49-37-36-43(3,4)5)38-48-41(44)34-32-30-28-26-24-22-19-17-15-13-11-9-7-2/h12,14,40H,6-11,13,15-39H2,1-5H3/p+1/b14-12+/t40-/m1/s1. The Balaban J connectivity index is 4.35. The van der Waals surface area contributed by atoms with Gasteiger partial charge in [-0.2, -0.15) is 0 Å². The van der Waals surface area contributed by atoms with Crippen LogP contribution in [-0.2, 0) is 32.7 Å². The molecule has 0 heterocycles. The summed E-state index contributed by atoms with van der Waals surface area (Å²) in [5.74, 6) is -0.793. The Kier molecular flexibility index (Phi) is 34.6. The summed E-state index contributed by atoms with van der Waals surface area (Å²) >= 11 is 0. The molecule has 0 aliphatic heterocycles. The van der Waals surface area contributed by atoms with Crippen LogP contribution in [0.2, 0.25) is 0 Å². The van der Waals surface area contributed by atoms with E-state index in [2.05, 4.69) is 26.0 Å². The average Bonchev–Trinajstić information content (AvgIpc) is 3.09. The van der Waals surface area contributed by atoms with Crippen LogP contribution in [0.4, 0.5) is 0 Å². The predicted octanol–water partition coefficient (Wildman–Crippen LogP) is 11.8. The Morgan fingerprint density at radius 3 is 1.48 bits per heavy atom. The Morgan fingerprint density at radius 2 is 1.00 bits per heavy atom. The number of nitrogens with zero attached hydrogens (tertiary/aromatic N) is 1. The minimum absolute atomic E-state index is 0.0344. The van der Waals surface area contributed by atoms with Crippen LogP contribution in [0.5, 0.6) is 0 Å². The second kappa shape index (κ2) is 35.5. The number of carbonyl (C=O) groups is 2. The molecule has 0 aliphatic rings. The third-order valence-corrected chi connectivity index (χ3v) is 10.3. The van der Waals surface area contributed by atoms with Gasteiger partial charge in [-0.15, -0.1) is 0 Å². The van der Waals surface area contributed by atoms with Crippen molar-refractivity contribution >= 4 is 19.8 Å². The summed E-state index contributed by atoms with van der Waals surface area (Å²) in [7, 11) is 1.48. The van der Waals surface area contributed by atoms with E-state index in [1.807, 2.05) is 21.1 Å². The van der Waals surface area contributed by atoms with Crippen molar-refractivity contribution in [2.24, 2.45) is 0 Å². The minimum atomic E-state index is -4.37. The molecule has 0 spiro atoms. The number of phosphoric ester groups is 1. The number of phosphoric acid groups is 1. The maximum atomic E-state index is 12.7. The lowest BCUT2D eigenvalue weighted by Crippen LogP contribution is -2.37. The lowest BCUT2D eigenvalue weighted by molar-refractivity contribution is -0.870. The lowest BCUT2D eigenvalue weighted by Gasteiger charge is -2.24. The first-order chi connectivity index (χ1) is 25.0. The molecule has 10 heteroatoms. The van der Waals surface area contributed by atoms with Crippen LogP contribution < -0.4 is 0 Å². The molecule has 0 saturated heterocycles. The lowest BCUT2D eigenvalue weighted by atomic mass is 10.0. The molecule has 0 aliphatic carbocycles. The number of quaternary nitrogens is 1. The third kappa shape index (κ3) is 38.5. The Bertz CT molecular complexity index is 907. The fraction of sp³-hybridized carbons (Fsp3) is 0.905. The molecule has 0 rings (SSSR count). The van der Waals surface area contributed by atoms with E-state index >= 15 is 0 Å². The number of esters is 2. The van der Waals surface area contributed by atoms with E-state index in [1.165, 1.54) is 122 Å². The molecule has 0 saturated carbocycles. The van der Waals surface area contributed by atoms with Crippen LogP contribution >= 0.6 is 7.82 Å². The van der Waals surface area contributed by atoms with Crippen molar-refractivity contribution in [3.8, 4) is 0 Å². The van der Waals surface area contributed by atoms with E-state index in [1.54, 1.807) is 0 Å². The van der Waals surface area contributed by atoms with Gasteiger partial charge in [0, 0.05) is 12.8 Å². The molecule has 0 aromatic rings. The van der Waals surface area contributed by atoms with Gasteiger partial charge in [0.25, 0.3) is 0 Å². The summed E-state index contributed by atoms with van der Waals surface area (Å²) in [6.45, 7) is 4.40. The van der Waals surface area contributed by atoms with Gasteiger partial charge < -0.3 is 18.9 Å². The summed E-state index contributed by atoms with van der Waals surface area (Å²) in [5, 5.41) is 0. The first kappa shape index (κ1) is 50.8. The van der Waals surface area contributed by atoms with Crippen LogP contribution in [0.15, 0.2) is 12.2 Å². The van der Waals surface area contributed by atoms with E-state index in [9.17, 15) is 19.0 Å². The largest absolute Gasteiger partial charge is 0.472 e. The summed E-state index contributed by atoms with van der Waals surface area (Å²) in [4.78, 5) is 35.3. The minimum Gasteiger partial charge on any atom is -0.462 e. The SMILES string of the molecule is CCCC/C=C/CCCCCCCCCCCC(=O)O[C@H](COC(=O)CCCCCCCCCCCCCCC)COP(=O)(O)OCC[N+](C)(C)C. The number of allylic oxidation sites excluding steroid dienone is 2. The molecule has 0 radical (unpaired) electrons. The van der Waals surface area contributed by atoms with Crippen LogP contribution in [0.25, 0.3) is 0 Å². The summed E-state index contributed by atoms with van der Waals surface area (Å²) < 4.78 is 34.3. The molecule has 1 N–H and O–H groups in total. The van der Waals surface area contributed by atoms with Gasteiger partial charge in [-0.3, -0.25) is 18.6 Å². The van der Waals surface area contributed by atoms with Crippen LogP contribution in [0, 0.1) is 0 Å². The topological polar surface area (TPSA) is 108 Å². The third-order valence-electron chi connectivity index (χ3n) is 9.30. The maximum Gasteiger partial charge on any atom is 0.472 e. The van der Waals surface area contributed by atoms with Gasteiger partial charge in [-0.25, -0.2) is 4.57 Å². The molecular weight excluding hydrogens is 677 g/mol. The van der Waals surface area contributed by atoms with Crippen LogP contribution in [-0.4, -0.2) is 74.9 Å². The Labute approximate surface area is 320 Å². The highest BCUT2D eigenvalue weighted by atomic mass is 31.2. The zero-order valence-corrected chi connectivity index (χ0v) is 35.5. The Hall–Kier alpha value is -1.25. The van der Waals surface area contributed by atoms with Gasteiger partial charge in [-0.1, -0.05) is 161 Å². The number of hydrogen-bond acceptors (Lipinski definition) is 7. The van der Waals surface area contributed by atoms with Gasteiger partial charge in [0.2, 0.25) is 0 Å². The summed E-state index contributed by atoms with van der Waals surface area (Å²) in [5.41, 5.74) is 0. The number of ether oxygens (including phenoxy) is 2. The van der Waals surface area contributed by atoms with Crippen molar-refractivity contribution in [1.82, 2.24) is 0 Å². The molecule has 0 aromatic heterocycles. The zero-order valence-electron chi connectivity index (χ0n) is 34.6. The molecular formula is C42H83NO8P+. The van der Waals surface area contributed by atoms with Gasteiger partial charge in [0.1, 0.15) is 19.8 Å². The molecule has 0 bridgehead atoms. The molecule has 1 unspecified atom stereocenters. The van der Waals surface area contributed by atoms with Crippen molar-refractivity contribution in [1.29, 1.82) is 0 Å². The number of carbonyl (C=O) groups excluding carboxylic acids is 2. The quantitative estimate of drug-likeness (QED) is 0.0217. The van der Waals surface area contributed by atoms with Gasteiger partial charge >= 0.3 is 19.8 Å². The highest BCUT2D eigenvalue weighted by molar-refractivity contribution is 7.47. The van der Waals surface area contributed by atoms with E-state index < -0.39 is 26.5 Å². The van der Waals surface area contributed by atoms with Crippen molar-refractivity contribution in [3.63, 3.8) is 0 Å². The molecule has 0 aromatic carbocycles. The number of hydrogen-bond donors (Lipinski definition) is 1. The van der Waals surface area contributed by atoms with Crippen molar-refractivity contribution < 1.29 is 42.1 Å². The van der Waals surface area contributed by atoms with E-state index in [0.29, 0.717) is 23.9 Å². The Morgan fingerprint density at radius 1 is 0.577 bits per heavy atom. The van der Waals surface area contributed by atoms with E-state index in [0.717, 1.165) is 38.5 Å².